The Hall–Kier alpha value is -4.22. The number of fused-ring (bicyclic) bond motifs is 2. The Morgan fingerprint density at radius 1 is 0.526 bits per heavy atom. The van der Waals surface area contributed by atoms with Crippen molar-refractivity contribution in [1.29, 1.82) is 0 Å². The second-order valence-electron chi connectivity index (χ2n) is 8.64. The normalized spacial score (nSPS) is 10.4. The summed E-state index contributed by atoms with van der Waals surface area (Å²) in [5, 5.41) is 4.55. The molecule has 0 aliphatic carbocycles. The molecule has 0 aromatic heterocycles. The number of hydrogen-bond acceptors (Lipinski definition) is 4. The van der Waals surface area contributed by atoms with Gasteiger partial charge in [-0.25, -0.2) is 0 Å². The minimum absolute atomic E-state index is 0.0672. The van der Waals surface area contributed by atoms with E-state index < -0.39 is 0 Å². The highest BCUT2D eigenvalue weighted by Gasteiger charge is 2.05. The third-order valence-corrected chi connectivity index (χ3v) is 7.38. The van der Waals surface area contributed by atoms with E-state index in [2.05, 4.69) is 47.9 Å². The van der Waals surface area contributed by atoms with Crippen LogP contribution in [0.25, 0.3) is 21.5 Å². The molecule has 0 heterocycles. The molecule has 0 amide bonds. The Balaban J connectivity index is 1.49. The summed E-state index contributed by atoms with van der Waals surface area (Å²) in [6.07, 6.45) is 0. The molecule has 0 aliphatic heterocycles. The zero-order valence-corrected chi connectivity index (χ0v) is 22.5. The fourth-order valence-electron chi connectivity index (χ4n) is 4.09. The molecule has 0 atom stereocenters. The van der Waals surface area contributed by atoms with E-state index >= 15 is 0 Å². The lowest BCUT2D eigenvalue weighted by molar-refractivity contribution is -0.109. The van der Waals surface area contributed by atoms with Crippen molar-refractivity contribution in [3.8, 4) is 23.7 Å². The number of carbonyl (C=O) groups excluding carboxylic acids is 2. The molecule has 38 heavy (non-hydrogen) atoms. The summed E-state index contributed by atoms with van der Waals surface area (Å²) in [5.41, 5.74) is 3.70. The topological polar surface area (TPSA) is 34.1 Å². The highest BCUT2D eigenvalue weighted by atomic mass is 32.2. The van der Waals surface area contributed by atoms with Gasteiger partial charge < -0.3 is 0 Å². The fraction of sp³-hybridized carbons (Fsp3) is 0.0588. The van der Waals surface area contributed by atoms with E-state index in [4.69, 9.17) is 0 Å². The lowest BCUT2D eigenvalue weighted by Crippen LogP contribution is -1.85. The summed E-state index contributed by atoms with van der Waals surface area (Å²) < 4.78 is 0. The maximum Gasteiger partial charge on any atom is 0.190 e. The Kier molecular flexibility index (Phi) is 7.66. The van der Waals surface area contributed by atoms with Gasteiger partial charge in [0.15, 0.2) is 10.2 Å². The minimum atomic E-state index is 0.0672. The summed E-state index contributed by atoms with van der Waals surface area (Å²) in [6, 6.07) is 32.2. The fourth-order valence-corrected chi connectivity index (χ4v) is 5.30. The number of benzene rings is 5. The van der Waals surface area contributed by atoms with Crippen LogP contribution < -0.4 is 0 Å². The van der Waals surface area contributed by atoms with Gasteiger partial charge in [-0.15, -0.1) is 0 Å². The Morgan fingerprint density at radius 2 is 0.947 bits per heavy atom. The van der Waals surface area contributed by atoms with Crippen LogP contribution in [-0.2, 0) is 9.59 Å². The highest BCUT2D eigenvalue weighted by Crippen LogP contribution is 2.28. The van der Waals surface area contributed by atoms with Crippen LogP contribution in [0.1, 0.15) is 36.1 Å². The number of hydrogen-bond donors (Lipinski definition) is 0. The van der Waals surface area contributed by atoms with Gasteiger partial charge in [0.25, 0.3) is 0 Å². The van der Waals surface area contributed by atoms with Crippen molar-refractivity contribution in [2.75, 3.05) is 0 Å². The van der Waals surface area contributed by atoms with E-state index in [1.165, 1.54) is 23.5 Å². The van der Waals surface area contributed by atoms with Gasteiger partial charge >= 0.3 is 0 Å². The van der Waals surface area contributed by atoms with Crippen LogP contribution in [0.5, 0.6) is 0 Å². The smallest absolute Gasteiger partial charge is 0.190 e. The molecular formula is C34H22O2S2. The van der Waals surface area contributed by atoms with Crippen molar-refractivity contribution in [3.63, 3.8) is 0 Å². The third-order valence-electron chi connectivity index (χ3n) is 5.79. The van der Waals surface area contributed by atoms with Gasteiger partial charge in [-0.3, -0.25) is 9.59 Å². The molecule has 5 rings (SSSR count). The summed E-state index contributed by atoms with van der Waals surface area (Å²) in [5.74, 6) is 13.2. The largest absolute Gasteiger partial charge is 0.287 e. The van der Waals surface area contributed by atoms with E-state index in [0.717, 1.165) is 53.6 Å². The molecule has 4 heteroatoms. The quantitative estimate of drug-likeness (QED) is 0.132. The van der Waals surface area contributed by atoms with Gasteiger partial charge in [-0.2, -0.15) is 0 Å². The van der Waals surface area contributed by atoms with Crippen LogP contribution in [0.15, 0.2) is 107 Å². The zero-order valence-electron chi connectivity index (χ0n) is 20.9. The van der Waals surface area contributed by atoms with E-state index in [-0.39, 0.29) is 10.2 Å². The molecule has 0 unspecified atom stereocenters. The number of carbonyl (C=O) groups is 2. The van der Waals surface area contributed by atoms with Crippen LogP contribution in [0, 0.1) is 23.7 Å². The molecule has 0 fully saturated rings. The molecule has 0 saturated heterocycles. The first-order valence-corrected chi connectivity index (χ1v) is 13.6. The van der Waals surface area contributed by atoms with Crippen molar-refractivity contribution in [2.45, 2.75) is 23.6 Å². The summed E-state index contributed by atoms with van der Waals surface area (Å²) in [7, 11) is 0. The van der Waals surface area contributed by atoms with Crippen LogP contribution in [0.2, 0.25) is 0 Å². The molecule has 5 aromatic carbocycles. The molecule has 0 saturated carbocycles. The van der Waals surface area contributed by atoms with Crippen molar-refractivity contribution < 1.29 is 9.59 Å². The Morgan fingerprint density at radius 3 is 1.34 bits per heavy atom. The molecule has 0 radical (unpaired) electrons. The molecular weight excluding hydrogens is 505 g/mol. The second-order valence-corrected chi connectivity index (χ2v) is 11.1. The summed E-state index contributed by atoms with van der Waals surface area (Å²) >= 11 is 2.44. The predicted molar refractivity (Wildman–Crippen MR) is 159 cm³/mol. The molecule has 0 spiro atoms. The standard InChI is InChI=1S/C34H22O2S2/c1-23(35)37-31-17-11-25(12-18-31)9-15-27-5-3-7-29-21-30-8-4-6-28(34(30)22-33(27)29)16-10-26-13-19-32(20-14-26)38-24(2)36/h3-8,11-14,17-22H,1-2H3. The van der Waals surface area contributed by atoms with Gasteiger partial charge in [0, 0.05) is 45.9 Å². The van der Waals surface area contributed by atoms with Gasteiger partial charge in [-0.05, 0) is 94.3 Å². The second kappa shape index (κ2) is 11.4. The lowest BCUT2D eigenvalue weighted by Gasteiger charge is -2.06. The van der Waals surface area contributed by atoms with Gasteiger partial charge in [-0.1, -0.05) is 71.5 Å². The first kappa shape index (κ1) is 25.4. The Bertz CT molecular complexity index is 1680. The average Bonchev–Trinajstić information content (AvgIpc) is 2.90. The number of thioether (sulfide) groups is 2. The van der Waals surface area contributed by atoms with Crippen molar-refractivity contribution in [3.05, 3.63) is 119 Å². The van der Waals surface area contributed by atoms with Gasteiger partial charge in [0.2, 0.25) is 0 Å². The monoisotopic (exact) mass is 526 g/mol. The first-order chi connectivity index (χ1) is 18.4. The van der Waals surface area contributed by atoms with E-state index in [1.54, 1.807) is 13.8 Å². The van der Waals surface area contributed by atoms with Gasteiger partial charge in [0.1, 0.15) is 0 Å². The molecule has 182 valence electrons. The maximum absolute atomic E-state index is 11.3. The van der Waals surface area contributed by atoms with Crippen LogP contribution in [-0.4, -0.2) is 10.2 Å². The molecule has 5 aromatic rings. The minimum Gasteiger partial charge on any atom is -0.287 e. The molecule has 2 nitrogen and oxygen atoms in total. The van der Waals surface area contributed by atoms with E-state index in [1.807, 2.05) is 72.8 Å². The molecule has 0 aliphatic rings. The van der Waals surface area contributed by atoms with E-state index in [0.29, 0.717) is 0 Å². The van der Waals surface area contributed by atoms with E-state index in [9.17, 15) is 9.59 Å². The van der Waals surface area contributed by atoms with Crippen LogP contribution in [0.3, 0.4) is 0 Å². The molecule has 0 bridgehead atoms. The average molecular weight is 527 g/mol. The maximum atomic E-state index is 11.3. The zero-order chi connectivity index (χ0) is 26.5. The summed E-state index contributed by atoms with van der Waals surface area (Å²) in [6.45, 7) is 3.13. The SMILES string of the molecule is CC(=O)Sc1ccc(C#Cc2cccc3cc4cccc(C#Cc5ccc(SC(C)=O)cc5)c4cc23)cc1. The molecule has 0 N–H and O–H groups in total. The van der Waals surface area contributed by atoms with Crippen LogP contribution in [0.4, 0.5) is 0 Å². The van der Waals surface area contributed by atoms with Crippen molar-refractivity contribution in [2.24, 2.45) is 0 Å². The third kappa shape index (κ3) is 6.18. The number of rotatable bonds is 2. The first-order valence-electron chi connectivity index (χ1n) is 12.0. The Labute approximate surface area is 230 Å². The van der Waals surface area contributed by atoms with Gasteiger partial charge in [0.05, 0.1) is 0 Å². The van der Waals surface area contributed by atoms with Crippen molar-refractivity contribution >= 4 is 55.3 Å². The lowest BCUT2D eigenvalue weighted by atomic mass is 9.97. The predicted octanol–water partition coefficient (Wildman–Crippen LogP) is 8.07. The van der Waals surface area contributed by atoms with Crippen LogP contribution >= 0.6 is 23.5 Å². The highest BCUT2D eigenvalue weighted by molar-refractivity contribution is 8.13. The van der Waals surface area contributed by atoms with Crippen molar-refractivity contribution in [1.82, 2.24) is 0 Å². The summed E-state index contributed by atoms with van der Waals surface area (Å²) in [4.78, 5) is 24.5.